The van der Waals surface area contributed by atoms with E-state index in [-0.39, 0.29) is 5.56 Å². The van der Waals surface area contributed by atoms with Crippen LogP contribution in [-0.4, -0.2) is 17.7 Å². The van der Waals surface area contributed by atoms with Gasteiger partial charge in [0.25, 0.3) is 0 Å². The highest BCUT2D eigenvalue weighted by molar-refractivity contribution is 9.11. The molecule has 0 amide bonds. The van der Waals surface area contributed by atoms with Crippen LogP contribution in [-0.2, 0) is 0 Å². The second kappa shape index (κ2) is 4.81. The van der Waals surface area contributed by atoms with Crippen molar-refractivity contribution in [2.75, 3.05) is 6.61 Å². The third kappa shape index (κ3) is 3.22. The summed E-state index contributed by atoms with van der Waals surface area (Å²) in [5, 5.41) is 8.70. The molecule has 14 heavy (non-hydrogen) atoms. The van der Waals surface area contributed by atoms with Crippen LogP contribution in [0.25, 0.3) is 0 Å². The summed E-state index contributed by atoms with van der Waals surface area (Å²) < 4.78 is 5.96. The highest BCUT2D eigenvalue weighted by Gasteiger charge is 2.03. The van der Waals surface area contributed by atoms with Crippen LogP contribution in [0.1, 0.15) is 10.4 Å². The third-order valence-corrected chi connectivity index (χ3v) is 1.71. The summed E-state index contributed by atoms with van der Waals surface area (Å²) in [7, 11) is 0. The molecule has 0 saturated carbocycles. The van der Waals surface area contributed by atoms with Crippen molar-refractivity contribution in [3.63, 3.8) is 0 Å². The molecule has 0 unspecified atom stereocenters. The van der Waals surface area contributed by atoms with Gasteiger partial charge < -0.3 is 9.84 Å². The molecule has 0 aliphatic heterocycles. The van der Waals surface area contributed by atoms with Crippen LogP contribution in [0.5, 0.6) is 5.75 Å². The lowest BCUT2D eigenvalue weighted by Gasteiger charge is -2.04. The van der Waals surface area contributed by atoms with Crippen LogP contribution < -0.4 is 4.74 Å². The van der Waals surface area contributed by atoms with E-state index in [4.69, 9.17) is 9.84 Å². The lowest BCUT2D eigenvalue weighted by Crippen LogP contribution is -1.99. The van der Waals surface area contributed by atoms with Crippen molar-refractivity contribution in [2.24, 2.45) is 0 Å². The van der Waals surface area contributed by atoms with Crippen LogP contribution in [0.3, 0.4) is 0 Å². The van der Waals surface area contributed by atoms with Crippen molar-refractivity contribution in [1.29, 1.82) is 0 Å². The van der Waals surface area contributed by atoms with Gasteiger partial charge in [-0.25, -0.2) is 4.79 Å². The zero-order chi connectivity index (χ0) is 10.6. The van der Waals surface area contributed by atoms with E-state index >= 15 is 0 Å². The normalized spacial score (nSPS) is 9.50. The topological polar surface area (TPSA) is 46.5 Å². The number of rotatable bonds is 4. The number of hydrogen-bond donors (Lipinski definition) is 1. The summed E-state index contributed by atoms with van der Waals surface area (Å²) in [4.78, 5) is 10.6. The first-order chi connectivity index (χ1) is 6.59. The second-order valence-corrected chi connectivity index (χ2v) is 3.76. The smallest absolute Gasteiger partial charge is 0.335 e. The number of carboxylic acids is 1. The highest BCUT2D eigenvalue weighted by atomic mass is 79.9. The van der Waals surface area contributed by atoms with E-state index < -0.39 is 5.97 Å². The molecule has 0 atom stereocenters. The summed E-state index contributed by atoms with van der Waals surface area (Å²) >= 11 is 3.14. The van der Waals surface area contributed by atoms with E-state index in [1.165, 1.54) is 12.1 Å². The number of carbonyl (C=O) groups is 1. The molecular weight excluding hydrogens is 248 g/mol. The predicted octanol–water partition coefficient (Wildman–Crippen LogP) is 2.67. The largest absolute Gasteiger partial charge is 0.488 e. The molecule has 0 bridgehead atoms. The maximum Gasteiger partial charge on any atom is 0.335 e. The molecule has 0 aliphatic rings. The maximum atomic E-state index is 10.6. The van der Waals surface area contributed by atoms with E-state index in [9.17, 15) is 4.79 Å². The van der Waals surface area contributed by atoms with Gasteiger partial charge >= 0.3 is 5.97 Å². The molecule has 3 nitrogen and oxygen atoms in total. The predicted molar refractivity (Wildman–Crippen MR) is 57.0 cm³/mol. The van der Waals surface area contributed by atoms with Crippen molar-refractivity contribution < 1.29 is 14.6 Å². The summed E-state index contributed by atoms with van der Waals surface area (Å²) in [6.07, 6.45) is 0. The molecule has 0 radical (unpaired) electrons. The molecule has 0 aromatic heterocycles. The van der Waals surface area contributed by atoms with Gasteiger partial charge in [0, 0.05) is 4.48 Å². The maximum absolute atomic E-state index is 10.6. The fourth-order valence-corrected chi connectivity index (χ4v) is 0.995. The van der Waals surface area contributed by atoms with E-state index in [0.717, 1.165) is 0 Å². The van der Waals surface area contributed by atoms with Gasteiger partial charge in [-0.2, -0.15) is 0 Å². The Morgan fingerprint density at radius 3 is 2.86 bits per heavy atom. The molecule has 74 valence electrons. The van der Waals surface area contributed by atoms with Gasteiger partial charge in [0.2, 0.25) is 0 Å². The van der Waals surface area contributed by atoms with Crippen molar-refractivity contribution >= 4 is 21.9 Å². The summed E-state index contributed by atoms with van der Waals surface area (Å²) in [6.45, 7) is 3.93. The van der Waals surface area contributed by atoms with E-state index in [0.29, 0.717) is 16.8 Å². The number of benzene rings is 1. The Morgan fingerprint density at radius 2 is 2.29 bits per heavy atom. The average Bonchev–Trinajstić information content (AvgIpc) is 2.15. The van der Waals surface area contributed by atoms with E-state index in [1.54, 1.807) is 12.1 Å². The Labute approximate surface area is 90.1 Å². The van der Waals surface area contributed by atoms with Crippen molar-refractivity contribution in [3.05, 3.63) is 40.9 Å². The highest BCUT2D eigenvalue weighted by Crippen LogP contribution is 2.14. The van der Waals surface area contributed by atoms with Crippen molar-refractivity contribution in [1.82, 2.24) is 0 Å². The summed E-state index contributed by atoms with van der Waals surface area (Å²) in [5.41, 5.74) is 0.211. The molecule has 0 heterocycles. The molecule has 1 rings (SSSR count). The van der Waals surface area contributed by atoms with Gasteiger partial charge in [-0.1, -0.05) is 28.6 Å². The Kier molecular flexibility index (Phi) is 3.71. The van der Waals surface area contributed by atoms with Crippen molar-refractivity contribution in [3.8, 4) is 5.75 Å². The molecule has 0 aliphatic carbocycles. The van der Waals surface area contributed by atoms with Gasteiger partial charge in [-0.05, 0) is 18.2 Å². The summed E-state index contributed by atoms with van der Waals surface area (Å²) in [5.74, 6) is -0.446. The van der Waals surface area contributed by atoms with Crippen LogP contribution >= 0.6 is 15.9 Å². The Balaban J connectivity index is 2.73. The first-order valence-corrected chi connectivity index (χ1v) is 4.68. The quantitative estimate of drug-likeness (QED) is 0.901. The number of carboxylic acid groups (broad SMARTS) is 1. The van der Waals surface area contributed by atoms with Crippen LogP contribution in [0.2, 0.25) is 0 Å². The lowest BCUT2D eigenvalue weighted by molar-refractivity contribution is 0.0696. The van der Waals surface area contributed by atoms with Gasteiger partial charge in [0.15, 0.2) is 0 Å². The van der Waals surface area contributed by atoms with Crippen LogP contribution in [0.4, 0.5) is 0 Å². The Bertz CT molecular complexity index is 360. The fourth-order valence-electron chi connectivity index (χ4n) is 0.881. The molecule has 0 saturated heterocycles. The fraction of sp³-hybridized carbons (Fsp3) is 0.100. The monoisotopic (exact) mass is 256 g/mol. The lowest BCUT2D eigenvalue weighted by atomic mass is 10.2. The Morgan fingerprint density at radius 1 is 1.57 bits per heavy atom. The van der Waals surface area contributed by atoms with Crippen LogP contribution in [0.15, 0.2) is 35.3 Å². The summed E-state index contributed by atoms with van der Waals surface area (Å²) in [6, 6.07) is 6.31. The molecule has 1 aromatic rings. The average molecular weight is 257 g/mol. The van der Waals surface area contributed by atoms with Gasteiger partial charge in [-0.15, -0.1) is 0 Å². The molecular formula is C10H9BrO3. The zero-order valence-electron chi connectivity index (χ0n) is 7.37. The van der Waals surface area contributed by atoms with Gasteiger partial charge in [0.05, 0.1) is 5.56 Å². The minimum absolute atomic E-state index is 0.211. The number of ether oxygens (including phenoxy) is 1. The molecule has 4 heteroatoms. The van der Waals surface area contributed by atoms with E-state index in [1.807, 2.05) is 0 Å². The zero-order valence-corrected chi connectivity index (χ0v) is 8.95. The molecule has 0 spiro atoms. The minimum atomic E-state index is -0.965. The van der Waals surface area contributed by atoms with Gasteiger partial charge in [-0.3, -0.25) is 0 Å². The Hall–Kier alpha value is -1.29. The van der Waals surface area contributed by atoms with Gasteiger partial charge in [0.1, 0.15) is 12.4 Å². The molecule has 1 N–H and O–H groups in total. The minimum Gasteiger partial charge on any atom is -0.488 e. The standard InChI is InChI=1S/C10H9BrO3/c1-7(11)6-14-9-4-2-3-8(5-9)10(12)13/h2-5H,1,6H2,(H,12,13). The number of hydrogen-bond acceptors (Lipinski definition) is 2. The third-order valence-electron chi connectivity index (χ3n) is 1.48. The first-order valence-electron chi connectivity index (χ1n) is 3.89. The SMILES string of the molecule is C=C(Br)COc1cccc(C(=O)O)c1. The van der Waals surface area contributed by atoms with E-state index in [2.05, 4.69) is 22.5 Å². The van der Waals surface area contributed by atoms with Crippen molar-refractivity contribution in [2.45, 2.75) is 0 Å². The first kappa shape index (κ1) is 10.8. The van der Waals surface area contributed by atoms with Crippen LogP contribution in [0, 0.1) is 0 Å². The molecule has 0 fully saturated rings. The number of aromatic carboxylic acids is 1. The number of halogens is 1. The molecule has 1 aromatic carbocycles. The second-order valence-electron chi connectivity index (χ2n) is 2.64.